The second kappa shape index (κ2) is 6.64. The van der Waals surface area contributed by atoms with Crippen molar-refractivity contribution >= 4 is 16.6 Å². The Kier molecular flexibility index (Phi) is 4.45. The lowest BCUT2D eigenvalue weighted by Crippen LogP contribution is -2.60. The molecule has 0 saturated carbocycles. The van der Waals surface area contributed by atoms with Crippen molar-refractivity contribution < 1.29 is 29.9 Å². The molecule has 8 heteroatoms. The largest absolute Gasteiger partial charge is 0.462 e. The lowest BCUT2D eigenvalue weighted by atomic mass is 9.99. The number of aromatic nitrogens is 1. The van der Waals surface area contributed by atoms with Gasteiger partial charge in [-0.15, -0.1) is 0 Å². The Balaban J connectivity index is 1.60. The molecule has 8 nitrogen and oxygen atoms in total. The van der Waals surface area contributed by atoms with Crippen molar-refractivity contribution in [1.82, 2.24) is 4.98 Å². The van der Waals surface area contributed by atoms with Gasteiger partial charge in [0.05, 0.1) is 18.0 Å². The molecule has 4 rings (SSSR count). The smallest absolute Gasteiger partial charge is 0.229 e. The maximum atomic E-state index is 10.1. The van der Waals surface area contributed by atoms with Gasteiger partial charge in [0.25, 0.3) is 0 Å². The molecule has 0 radical (unpaired) electrons. The summed E-state index contributed by atoms with van der Waals surface area (Å²) in [6.07, 6.45) is -5.63. The molecule has 0 bridgehead atoms. The molecular formula is C18H22N2O6. The number of hydrogen-bond acceptors (Lipinski definition) is 7. The number of nitrogens with one attached hydrogen (secondary N) is 1. The lowest BCUT2D eigenvalue weighted by Gasteiger charge is -2.39. The van der Waals surface area contributed by atoms with E-state index in [4.69, 9.17) is 9.47 Å². The molecule has 2 aromatic rings. The van der Waals surface area contributed by atoms with Gasteiger partial charge in [-0.05, 0) is 31.0 Å². The summed E-state index contributed by atoms with van der Waals surface area (Å²) >= 11 is 0. The quantitative estimate of drug-likeness (QED) is 0.511. The van der Waals surface area contributed by atoms with Crippen LogP contribution in [-0.2, 0) is 11.2 Å². The van der Waals surface area contributed by atoms with Gasteiger partial charge in [0.15, 0.2) is 0 Å². The van der Waals surface area contributed by atoms with Crippen LogP contribution in [0, 0.1) is 0 Å². The Hall–Kier alpha value is -1.97. The van der Waals surface area contributed by atoms with E-state index >= 15 is 0 Å². The van der Waals surface area contributed by atoms with Crippen LogP contribution in [-0.4, -0.2) is 75.0 Å². The molecule has 1 fully saturated rings. The number of benzene rings is 1. The minimum atomic E-state index is -1.47. The molecule has 2 aliphatic rings. The maximum Gasteiger partial charge on any atom is 0.229 e. The second-order valence-electron chi connectivity index (χ2n) is 6.72. The third kappa shape index (κ3) is 2.80. The third-order valence-corrected chi connectivity index (χ3v) is 5.05. The topological polar surface area (TPSA) is 128 Å². The number of rotatable bonds is 3. The highest BCUT2D eigenvalue weighted by atomic mass is 16.7. The standard InChI is InChI=1S/C18H22N2O6/c1-8-14-11(4-5-19-8)10-3-2-9(6-12(10)20-14)25-18-17(24)16(23)15(22)13(7-21)26-18/h2-3,6,13,15-18,20-24H,4-5,7H2,1H3/t13-,15-,16+,17-,18?/m1/s1. The normalized spacial score (nSPS) is 31.6. The number of H-pyrrole nitrogens is 1. The van der Waals surface area contributed by atoms with E-state index in [1.807, 2.05) is 13.0 Å². The number of fused-ring (bicyclic) bond motifs is 3. The Morgan fingerprint density at radius 1 is 1.23 bits per heavy atom. The van der Waals surface area contributed by atoms with Crippen LogP contribution in [0.3, 0.4) is 0 Å². The molecule has 140 valence electrons. The number of aliphatic hydroxyl groups excluding tert-OH is 4. The SMILES string of the molecule is CC1=NCCc2c1[nH]c1cc(OC3O[C@H](CO)[C@@H](O)[C@H](O)[C@H]3O)ccc21. The summed E-state index contributed by atoms with van der Waals surface area (Å²) in [5.74, 6) is 0.440. The summed E-state index contributed by atoms with van der Waals surface area (Å²) in [7, 11) is 0. The number of ether oxygens (including phenoxy) is 2. The van der Waals surface area contributed by atoms with Gasteiger partial charge in [0.2, 0.25) is 6.29 Å². The van der Waals surface area contributed by atoms with Crippen LogP contribution >= 0.6 is 0 Å². The second-order valence-corrected chi connectivity index (χ2v) is 6.72. The van der Waals surface area contributed by atoms with Gasteiger partial charge in [-0.25, -0.2) is 0 Å². The Morgan fingerprint density at radius 2 is 2.04 bits per heavy atom. The summed E-state index contributed by atoms with van der Waals surface area (Å²) < 4.78 is 11.1. The number of aliphatic imine (C=N–C) groups is 1. The average molecular weight is 362 g/mol. The molecule has 5 N–H and O–H groups in total. The third-order valence-electron chi connectivity index (χ3n) is 5.05. The number of hydrogen-bond donors (Lipinski definition) is 5. The predicted molar refractivity (Wildman–Crippen MR) is 93.5 cm³/mol. The highest BCUT2D eigenvalue weighted by molar-refractivity contribution is 6.05. The first kappa shape index (κ1) is 17.4. The fourth-order valence-electron chi connectivity index (χ4n) is 3.59. The zero-order valence-electron chi connectivity index (χ0n) is 14.3. The van der Waals surface area contributed by atoms with Gasteiger partial charge < -0.3 is 34.9 Å². The van der Waals surface area contributed by atoms with Crippen molar-refractivity contribution in [2.45, 2.75) is 44.1 Å². The molecule has 0 aliphatic carbocycles. The van der Waals surface area contributed by atoms with Crippen LogP contribution in [0.25, 0.3) is 10.9 Å². The van der Waals surface area contributed by atoms with Crippen LogP contribution in [0.15, 0.2) is 23.2 Å². The molecule has 1 saturated heterocycles. The van der Waals surface area contributed by atoms with E-state index < -0.39 is 37.3 Å². The number of aromatic amines is 1. The summed E-state index contributed by atoms with van der Waals surface area (Å²) in [5, 5.41) is 40.2. The summed E-state index contributed by atoms with van der Waals surface area (Å²) in [5.41, 5.74) is 4.11. The van der Waals surface area contributed by atoms with Gasteiger partial charge in [-0.2, -0.15) is 0 Å². The van der Waals surface area contributed by atoms with Gasteiger partial charge in [-0.3, -0.25) is 4.99 Å². The van der Waals surface area contributed by atoms with Crippen LogP contribution in [0.1, 0.15) is 18.2 Å². The number of nitrogens with zero attached hydrogens (tertiary/aromatic N) is 1. The molecule has 0 spiro atoms. The summed E-state index contributed by atoms with van der Waals surface area (Å²) in [4.78, 5) is 7.80. The van der Waals surface area contributed by atoms with Gasteiger partial charge in [-0.1, -0.05) is 0 Å². The molecule has 5 atom stereocenters. The van der Waals surface area contributed by atoms with Crippen LogP contribution in [0.2, 0.25) is 0 Å². The molecule has 1 aromatic heterocycles. The zero-order valence-corrected chi connectivity index (χ0v) is 14.3. The van der Waals surface area contributed by atoms with Crippen molar-refractivity contribution in [2.75, 3.05) is 13.2 Å². The van der Waals surface area contributed by atoms with Crippen molar-refractivity contribution in [1.29, 1.82) is 0 Å². The molecule has 3 heterocycles. The lowest BCUT2D eigenvalue weighted by molar-refractivity contribution is -0.277. The maximum absolute atomic E-state index is 10.1. The Bertz CT molecular complexity index is 846. The average Bonchev–Trinajstić information content (AvgIpc) is 3.01. The van der Waals surface area contributed by atoms with Crippen LogP contribution in [0.5, 0.6) is 5.75 Å². The van der Waals surface area contributed by atoms with E-state index in [0.717, 1.165) is 35.3 Å². The van der Waals surface area contributed by atoms with Crippen molar-refractivity contribution in [2.24, 2.45) is 4.99 Å². The minimum absolute atomic E-state index is 0.440. The van der Waals surface area contributed by atoms with E-state index in [1.165, 1.54) is 5.56 Å². The zero-order chi connectivity index (χ0) is 18.4. The van der Waals surface area contributed by atoms with Crippen molar-refractivity contribution in [3.63, 3.8) is 0 Å². The molecular weight excluding hydrogens is 340 g/mol. The van der Waals surface area contributed by atoms with Crippen molar-refractivity contribution in [3.05, 3.63) is 29.5 Å². The van der Waals surface area contributed by atoms with E-state index in [0.29, 0.717) is 5.75 Å². The number of aliphatic hydroxyl groups is 4. The Morgan fingerprint density at radius 3 is 2.81 bits per heavy atom. The van der Waals surface area contributed by atoms with Crippen molar-refractivity contribution in [3.8, 4) is 5.75 Å². The minimum Gasteiger partial charge on any atom is -0.462 e. The van der Waals surface area contributed by atoms with E-state index in [9.17, 15) is 20.4 Å². The predicted octanol–water partition coefficient (Wildman–Crippen LogP) is -0.288. The van der Waals surface area contributed by atoms with Gasteiger partial charge in [0.1, 0.15) is 30.2 Å². The molecule has 1 aromatic carbocycles. The highest BCUT2D eigenvalue weighted by Crippen LogP contribution is 2.31. The van der Waals surface area contributed by atoms with E-state index in [1.54, 1.807) is 12.1 Å². The Labute approximate surface area is 149 Å². The van der Waals surface area contributed by atoms with E-state index in [-0.39, 0.29) is 0 Å². The van der Waals surface area contributed by atoms with Crippen LogP contribution in [0.4, 0.5) is 0 Å². The molecule has 0 amide bonds. The first-order valence-electron chi connectivity index (χ1n) is 8.63. The first-order chi connectivity index (χ1) is 12.5. The summed E-state index contributed by atoms with van der Waals surface area (Å²) in [6.45, 7) is 2.25. The highest BCUT2D eigenvalue weighted by Gasteiger charge is 2.44. The molecule has 1 unspecified atom stereocenters. The summed E-state index contributed by atoms with van der Waals surface area (Å²) in [6, 6.07) is 5.49. The first-order valence-corrected chi connectivity index (χ1v) is 8.63. The van der Waals surface area contributed by atoms with Gasteiger partial charge in [0, 0.05) is 23.5 Å². The van der Waals surface area contributed by atoms with Gasteiger partial charge >= 0.3 is 0 Å². The molecule has 26 heavy (non-hydrogen) atoms. The van der Waals surface area contributed by atoms with Crippen LogP contribution < -0.4 is 4.74 Å². The van der Waals surface area contributed by atoms with E-state index in [2.05, 4.69) is 9.98 Å². The monoisotopic (exact) mass is 362 g/mol. The molecule has 2 aliphatic heterocycles. The fourth-order valence-corrected chi connectivity index (χ4v) is 3.59. The fraction of sp³-hybridized carbons (Fsp3) is 0.500.